The molecule has 0 radical (unpaired) electrons. The lowest BCUT2D eigenvalue weighted by molar-refractivity contribution is -0.134. The quantitative estimate of drug-likeness (QED) is 0.589. The molecule has 0 spiro atoms. The number of benzene rings is 3. The summed E-state index contributed by atoms with van der Waals surface area (Å²) < 4.78 is 11.5. The van der Waals surface area contributed by atoms with Gasteiger partial charge in [-0.15, -0.1) is 0 Å². The molecule has 2 aliphatic heterocycles. The lowest BCUT2D eigenvalue weighted by atomic mass is 9.88. The number of amides is 4. The van der Waals surface area contributed by atoms with E-state index in [2.05, 4.69) is 10.6 Å². The highest BCUT2D eigenvalue weighted by molar-refractivity contribution is 6.10. The van der Waals surface area contributed by atoms with Crippen molar-refractivity contribution in [1.29, 1.82) is 0 Å². The average molecular weight is 445 g/mol. The molecule has 33 heavy (non-hydrogen) atoms. The van der Waals surface area contributed by atoms with Gasteiger partial charge in [-0.25, -0.2) is 4.79 Å². The number of carbonyl (C=O) groups excluding carboxylic acids is 3. The van der Waals surface area contributed by atoms with Crippen LogP contribution in [0.5, 0.6) is 11.5 Å². The van der Waals surface area contributed by atoms with Crippen LogP contribution in [0.2, 0.25) is 0 Å². The number of rotatable bonds is 5. The predicted octanol–water partition coefficient (Wildman–Crippen LogP) is 2.56. The largest absolute Gasteiger partial charge is 0.486 e. The molecular formula is C25H23N3O5. The summed E-state index contributed by atoms with van der Waals surface area (Å²) in [5.74, 6) is 0.350. The Balaban J connectivity index is 1.25. The van der Waals surface area contributed by atoms with Gasteiger partial charge >= 0.3 is 6.03 Å². The maximum atomic E-state index is 13.3. The molecule has 1 saturated heterocycles. The molecule has 0 unspecified atom stereocenters. The third kappa shape index (κ3) is 3.73. The molecule has 0 saturated carbocycles. The normalized spacial score (nSPS) is 21.7. The molecule has 168 valence electrons. The van der Waals surface area contributed by atoms with E-state index < -0.39 is 23.4 Å². The number of imide groups is 1. The van der Waals surface area contributed by atoms with Gasteiger partial charge in [0.05, 0.1) is 6.54 Å². The number of para-hydroxylation sites is 2. The van der Waals surface area contributed by atoms with Gasteiger partial charge in [-0.05, 0) is 35.4 Å². The maximum Gasteiger partial charge on any atom is 0.325 e. The Labute approximate surface area is 190 Å². The van der Waals surface area contributed by atoms with Gasteiger partial charge in [-0.1, -0.05) is 54.6 Å². The van der Waals surface area contributed by atoms with Crippen LogP contribution in [0.1, 0.15) is 12.5 Å². The van der Waals surface area contributed by atoms with Crippen molar-refractivity contribution in [1.82, 2.24) is 15.5 Å². The smallest absolute Gasteiger partial charge is 0.325 e. The number of fused-ring (bicyclic) bond motifs is 2. The molecule has 2 N–H and O–H groups in total. The number of nitrogens with zero attached hydrogens (tertiary/aromatic N) is 1. The number of ether oxygens (including phenoxy) is 2. The SMILES string of the molecule is C[C@@]1(c2cccc3ccccc23)NC(=O)N(CC(=O)NC[C@@H]2COc3ccccc3O2)C1=O. The fourth-order valence-electron chi connectivity index (χ4n) is 4.28. The van der Waals surface area contributed by atoms with E-state index in [0.29, 0.717) is 23.7 Å². The van der Waals surface area contributed by atoms with Gasteiger partial charge in [-0.2, -0.15) is 0 Å². The Hall–Kier alpha value is -4.07. The standard InChI is InChI=1S/C25H23N3O5/c1-25(19-10-6-8-16-7-2-3-9-18(16)19)23(30)28(24(31)27-25)14-22(29)26-13-17-15-32-20-11-4-5-12-21(20)33-17/h2-12,17H,13-15H2,1H3,(H,26,29)(H,27,31)/t17-,25+/m1/s1. The Kier molecular flexibility index (Phi) is 5.12. The second-order valence-electron chi connectivity index (χ2n) is 8.27. The molecule has 4 amide bonds. The van der Waals surface area contributed by atoms with E-state index >= 15 is 0 Å². The summed E-state index contributed by atoms with van der Waals surface area (Å²) in [6, 6.07) is 20.0. The van der Waals surface area contributed by atoms with Crippen molar-refractivity contribution >= 4 is 28.6 Å². The van der Waals surface area contributed by atoms with Crippen LogP contribution in [-0.2, 0) is 15.1 Å². The van der Waals surface area contributed by atoms with Crippen LogP contribution in [0, 0.1) is 0 Å². The van der Waals surface area contributed by atoms with Crippen LogP contribution in [0.15, 0.2) is 66.7 Å². The molecule has 0 bridgehead atoms. The van der Waals surface area contributed by atoms with Crippen molar-refractivity contribution in [3.8, 4) is 11.5 Å². The van der Waals surface area contributed by atoms with E-state index in [-0.39, 0.29) is 19.2 Å². The molecule has 2 heterocycles. The van der Waals surface area contributed by atoms with Crippen molar-refractivity contribution < 1.29 is 23.9 Å². The summed E-state index contributed by atoms with van der Waals surface area (Å²) in [6.07, 6.45) is -0.368. The van der Waals surface area contributed by atoms with Crippen LogP contribution in [0.3, 0.4) is 0 Å². The van der Waals surface area contributed by atoms with Crippen LogP contribution in [-0.4, -0.2) is 48.5 Å². The molecular weight excluding hydrogens is 422 g/mol. The van der Waals surface area contributed by atoms with Crippen molar-refractivity contribution in [2.75, 3.05) is 19.7 Å². The Morgan fingerprint density at radius 2 is 1.79 bits per heavy atom. The molecule has 0 aromatic heterocycles. The predicted molar refractivity (Wildman–Crippen MR) is 121 cm³/mol. The van der Waals surface area contributed by atoms with Gasteiger partial charge in [0, 0.05) is 0 Å². The average Bonchev–Trinajstić information content (AvgIpc) is 3.06. The summed E-state index contributed by atoms with van der Waals surface area (Å²) >= 11 is 0. The molecule has 3 aromatic rings. The van der Waals surface area contributed by atoms with Crippen molar-refractivity contribution in [2.45, 2.75) is 18.6 Å². The number of hydrogen-bond acceptors (Lipinski definition) is 5. The van der Waals surface area contributed by atoms with Gasteiger partial charge in [-0.3, -0.25) is 14.5 Å². The van der Waals surface area contributed by atoms with Crippen molar-refractivity contribution in [3.63, 3.8) is 0 Å². The zero-order chi connectivity index (χ0) is 23.0. The Bertz CT molecular complexity index is 1250. The van der Waals surface area contributed by atoms with E-state index in [0.717, 1.165) is 15.7 Å². The third-order valence-electron chi connectivity index (χ3n) is 6.00. The summed E-state index contributed by atoms with van der Waals surface area (Å²) in [6.45, 7) is 1.77. The maximum absolute atomic E-state index is 13.3. The fraction of sp³-hybridized carbons (Fsp3) is 0.240. The molecule has 1 fully saturated rings. The first-order chi connectivity index (χ1) is 16.0. The lowest BCUT2D eigenvalue weighted by Crippen LogP contribution is -2.46. The highest BCUT2D eigenvalue weighted by atomic mass is 16.6. The molecule has 8 nitrogen and oxygen atoms in total. The molecule has 0 aliphatic carbocycles. The van der Waals surface area contributed by atoms with Gasteiger partial charge in [0.1, 0.15) is 24.8 Å². The lowest BCUT2D eigenvalue weighted by Gasteiger charge is -2.26. The van der Waals surface area contributed by atoms with E-state index in [1.165, 1.54) is 0 Å². The zero-order valence-corrected chi connectivity index (χ0v) is 18.0. The van der Waals surface area contributed by atoms with Crippen molar-refractivity contribution in [2.24, 2.45) is 0 Å². The van der Waals surface area contributed by atoms with Crippen LogP contribution < -0.4 is 20.1 Å². The number of urea groups is 1. The number of carbonyl (C=O) groups is 3. The fourth-order valence-corrected chi connectivity index (χ4v) is 4.28. The minimum atomic E-state index is -1.26. The van der Waals surface area contributed by atoms with Gasteiger partial charge in [0.2, 0.25) is 5.91 Å². The van der Waals surface area contributed by atoms with E-state index in [1.54, 1.807) is 13.0 Å². The molecule has 3 aromatic carbocycles. The van der Waals surface area contributed by atoms with Crippen molar-refractivity contribution in [3.05, 3.63) is 72.3 Å². The van der Waals surface area contributed by atoms with Gasteiger partial charge < -0.3 is 20.1 Å². The first-order valence-electron chi connectivity index (χ1n) is 10.7. The van der Waals surface area contributed by atoms with Gasteiger partial charge in [0.15, 0.2) is 11.5 Å². The monoisotopic (exact) mass is 445 g/mol. The summed E-state index contributed by atoms with van der Waals surface area (Å²) in [4.78, 5) is 39.4. The molecule has 2 aliphatic rings. The third-order valence-corrected chi connectivity index (χ3v) is 6.00. The molecule has 8 heteroatoms. The first kappa shape index (κ1) is 20.8. The van der Waals surface area contributed by atoms with Crippen LogP contribution >= 0.6 is 0 Å². The summed E-state index contributed by atoms with van der Waals surface area (Å²) in [5, 5.41) is 7.34. The van der Waals surface area contributed by atoms with E-state index in [9.17, 15) is 14.4 Å². The molecule has 5 rings (SSSR count). The number of hydrogen-bond donors (Lipinski definition) is 2. The highest BCUT2D eigenvalue weighted by Gasteiger charge is 2.50. The highest BCUT2D eigenvalue weighted by Crippen LogP contribution is 2.34. The van der Waals surface area contributed by atoms with Gasteiger partial charge in [0.25, 0.3) is 5.91 Å². The van der Waals surface area contributed by atoms with E-state index in [4.69, 9.17) is 9.47 Å². The van der Waals surface area contributed by atoms with E-state index in [1.807, 2.05) is 60.7 Å². The Morgan fingerprint density at radius 3 is 2.64 bits per heavy atom. The summed E-state index contributed by atoms with van der Waals surface area (Å²) in [7, 11) is 0. The first-order valence-corrected chi connectivity index (χ1v) is 10.7. The molecule has 2 atom stereocenters. The summed E-state index contributed by atoms with van der Waals surface area (Å²) in [5.41, 5.74) is -0.573. The minimum absolute atomic E-state index is 0.192. The zero-order valence-electron chi connectivity index (χ0n) is 18.0. The topological polar surface area (TPSA) is 97.0 Å². The Morgan fingerprint density at radius 1 is 1.06 bits per heavy atom. The number of nitrogens with one attached hydrogen (secondary N) is 2. The minimum Gasteiger partial charge on any atom is -0.486 e. The second-order valence-corrected chi connectivity index (χ2v) is 8.27. The second kappa shape index (κ2) is 8.12. The van der Waals surface area contributed by atoms with Crippen LogP contribution in [0.25, 0.3) is 10.8 Å². The van der Waals surface area contributed by atoms with Crippen LogP contribution in [0.4, 0.5) is 4.79 Å².